The fourth-order valence-corrected chi connectivity index (χ4v) is 9.69. The van der Waals surface area contributed by atoms with Crippen molar-refractivity contribution in [3.63, 3.8) is 0 Å². The van der Waals surface area contributed by atoms with Crippen LogP contribution in [0.3, 0.4) is 0 Å². The summed E-state index contributed by atoms with van der Waals surface area (Å²) in [6.07, 6.45) is 6.73. The number of aliphatic hydroxyl groups excluding tert-OH is 2. The number of ether oxygens (including phenoxy) is 3. The van der Waals surface area contributed by atoms with Crippen LogP contribution in [-0.4, -0.2) is 120 Å². The number of nitrogens with zero attached hydrogens (tertiary/aromatic N) is 2. The van der Waals surface area contributed by atoms with E-state index in [1.54, 1.807) is 0 Å². The van der Waals surface area contributed by atoms with Crippen molar-refractivity contribution in [1.82, 2.24) is 0 Å². The topological polar surface area (TPSA) is 106 Å². The van der Waals surface area contributed by atoms with E-state index in [2.05, 4.69) is 34.9 Å². The molecule has 0 saturated carbocycles. The summed E-state index contributed by atoms with van der Waals surface area (Å²) < 4.78 is 19.6. The average molecular weight is 825 g/mol. The van der Waals surface area contributed by atoms with Gasteiger partial charge in [-0.15, -0.1) is 0 Å². The van der Waals surface area contributed by atoms with Crippen molar-refractivity contribution in [2.24, 2.45) is 0 Å². The first-order chi connectivity index (χ1) is 23.0. The van der Waals surface area contributed by atoms with Crippen molar-refractivity contribution in [2.45, 2.75) is 126 Å². The molecule has 278 valence electrons. The Labute approximate surface area is 319 Å². The van der Waals surface area contributed by atoms with Crippen LogP contribution in [0, 0.1) is 0 Å². The molecule has 0 aliphatic carbocycles. The Morgan fingerprint density at radius 2 is 1.14 bits per heavy atom. The van der Waals surface area contributed by atoms with Crippen molar-refractivity contribution >= 4 is 11.9 Å². The quantitative estimate of drug-likeness (QED) is 0.168. The molecule has 5 saturated heterocycles. The maximum atomic E-state index is 12.6. The van der Waals surface area contributed by atoms with Crippen molar-refractivity contribution < 1.29 is 76.9 Å². The predicted molar refractivity (Wildman–Crippen MR) is 182 cm³/mol. The van der Waals surface area contributed by atoms with E-state index in [9.17, 15) is 19.8 Å². The smallest absolute Gasteiger partial charge is 0.316 e. The van der Waals surface area contributed by atoms with Gasteiger partial charge in [0.2, 0.25) is 0 Å². The molecule has 2 aromatic carbocycles. The number of halogens is 2. The second kappa shape index (κ2) is 16.9. The summed E-state index contributed by atoms with van der Waals surface area (Å²) in [5, 5.41) is 19.3. The van der Waals surface area contributed by atoms with Crippen LogP contribution in [0.25, 0.3) is 0 Å². The number of piperidine rings is 2. The number of benzene rings is 2. The van der Waals surface area contributed by atoms with Gasteiger partial charge in [0.05, 0.1) is 52.0 Å². The maximum absolute atomic E-state index is 12.6. The van der Waals surface area contributed by atoms with Crippen LogP contribution >= 0.6 is 0 Å². The minimum atomic E-state index is -0.594. The number of hydrogen-bond acceptors (Lipinski definition) is 7. The highest BCUT2D eigenvalue weighted by Gasteiger charge is 2.71. The maximum Gasteiger partial charge on any atom is 0.316 e. The minimum absolute atomic E-state index is 0. The van der Waals surface area contributed by atoms with Gasteiger partial charge in [0.25, 0.3) is 0 Å². The Kier molecular flexibility index (Phi) is 13.8. The van der Waals surface area contributed by atoms with Gasteiger partial charge in [0.1, 0.15) is 48.3 Å². The molecule has 0 aromatic heterocycles. The number of aliphatic hydroxyl groups is 2. The molecule has 5 heterocycles. The summed E-state index contributed by atoms with van der Waals surface area (Å²) in [7, 11) is 4.68. The summed E-state index contributed by atoms with van der Waals surface area (Å²) in [6.45, 7) is 7.50. The molecule has 0 radical (unpaired) electrons. The number of morpholine rings is 1. The van der Waals surface area contributed by atoms with Crippen molar-refractivity contribution in [2.75, 3.05) is 33.9 Å². The molecule has 7 rings (SSSR count). The lowest BCUT2D eigenvalue weighted by atomic mass is 9.94. The zero-order valence-corrected chi connectivity index (χ0v) is 33.2. The first-order valence-corrected chi connectivity index (χ1v) is 18.1. The number of esters is 2. The van der Waals surface area contributed by atoms with Crippen LogP contribution in [0.1, 0.15) is 82.3 Å². The number of rotatable bonds is 10. The number of fused-ring (bicyclic) bond motifs is 7. The van der Waals surface area contributed by atoms with Gasteiger partial charge in [0, 0.05) is 38.5 Å². The molecule has 5 aliphatic rings. The zero-order chi connectivity index (χ0) is 34.2. The third-order valence-corrected chi connectivity index (χ3v) is 13.0. The number of carbonyl (C=O) groups excluding carboxylic acids is 2. The third kappa shape index (κ3) is 7.75. The van der Waals surface area contributed by atoms with Gasteiger partial charge in [-0.3, -0.25) is 9.59 Å². The summed E-state index contributed by atoms with van der Waals surface area (Å²) >= 11 is 0. The molecule has 3 unspecified atom stereocenters. The van der Waals surface area contributed by atoms with E-state index in [0.29, 0.717) is 42.4 Å². The lowest BCUT2D eigenvalue weighted by molar-refractivity contribution is -0.968. The second-order valence-electron chi connectivity index (χ2n) is 15.4. The predicted octanol–water partition coefficient (Wildman–Crippen LogP) is -1.69. The van der Waals surface area contributed by atoms with Crippen LogP contribution < -0.4 is 34.0 Å². The molecule has 11 heteroatoms. The third-order valence-electron chi connectivity index (χ3n) is 13.0. The van der Waals surface area contributed by atoms with E-state index in [4.69, 9.17) is 14.2 Å². The van der Waals surface area contributed by atoms with Crippen molar-refractivity contribution in [1.29, 1.82) is 0 Å². The van der Waals surface area contributed by atoms with Crippen LogP contribution in [-0.2, 0) is 23.8 Å². The van der Waals surface area contributed by atoms with E-state index >= 15 is 0 Å². The molecule has 5 fully saturated rings. The fourth-order valence-electron chi connectivity index (χ4n) is 9.69. The van der Waals surface area contributed by atoms with Gasteiger partial charge in [-0.05, 0) is 31.9 Å². The van der Waals surface area contributed by atoms with E-state index < -0.39 is 11.8 Å². The molecular formula is C39H56Br2N2O7. The normalized spacial score (nSPS) is 35.6. The van der Waals surface area contributed by atoms with E-state index in [0.717, 1.165) is 52.3 Å². The number of quaternary nitrogens is 2. The summed E-state index contributed by atoms with van der Waals surface area (Å²) in [6, 6.07) is 21.5. The fraction of sp³-hybridized carbons (Fsp3) is 0.641. The molecule has 0 spiro atoms. The lowest BCUT2D eigenvalue weighted by Crippen LogP contribution is -3.00. The van der Waals surface area contributed by atoms with Crippen LogP contribution in [0.4, 0.5) is 0 Å². The summed E-state index contributed by atoms with van der Waals surface area (Å²) in [5.74, 6) is -1.76. The Morgan fingerprint density at radius 1 is 0.740 bits per heavy atom. The van der Waals surface area contributed by atoms with Crippen molar-refractivity contribution in [3.05, 3.63) is 71.8 Å². The van der Waals surface area contributed by atoms with Gasteiger partial charge < -0.3 is 67.4 Å². The van der Waals surface area contributed by atoms with Gasteiger partial charge in [-0.2, -0.15) is 0 Å². The molecule has 0 amide bonds. The highest BCUT2D eigenvalue weighted by molar-refractivity contribution is 5.79. The Balaban J connectivity index is 0.000000216. The van der Waals surface area contributed by atoms with E-state index in [1.807, 2.05) is 60.7 Å². The first kappa shape index (κ1) is 40.9. The highest BCUT2D eigenvalue weighted by atomic mass is 79.9. The zero-order valence-electron chi connectivity index (χ0n) is 30.1. The van der Waals surface area contributed by atoms with Crippen LogP contribution in [0.15, 0.2) is 60.7 Å². The van der Waals surface area contributed by atoms with Gasteiger partial charge >= 0.3 is 11.9 Å². The Morgan fingerprint density at radius 3 is 1.50 bits per heavy atom. The van der Waals surface area contributed by atoms with Crippen LogP contribution in [0.5, 0.6) is 0 Å². The molecule has 50 heavy (non-hydrogen) atoms. The molecule has 5 aliphatic heterocycles. The number of likely N-dealkylation sites (N-methyl/N-ethyl adjacent to an activating group) is 1. The molecule has 2 N–H and O–H groups in total. The molecule has 4 bridgehead atoms. The van der Waals surface area contributed by atoms with Gasteiger partial charge in [-0.1, -0.05) is 60.7 Å². The minimum Gasteiger partial charge on any atom is -1.00 e. The average Bonchev–Trinajstić information content (AvgIpc) is 3.83. The number of carbonyl (C=O) groups is 2. The Hall–Kier alpha value is -1.86. The first-order valence-electron chi connectivity index (χ1n) is 18.1. The molecule has 9 nitrogen and oxygen atoms in total. The monoisotopic (exact) mass is 822 g/mol. The number of epoxide rings is 1. The van der Waals surface area contributed by atoms with Gasteiger partial charge in [-0.25, -0.2) is 0 Å². The molecule has 2 aromatic rings. The number of hydrogen-bond donors (Lipinski definition) is 2. The summed E-state index contributed by atoms with van der Waals surface area (Å²) in [4.78, 5) is 25.2. The largest absolute Gasteiger partial charge is 1.00 e. The summed E-state index contributed by atoms with van der Waals surface area (Å²) in [5.41, 5.74) is 1.63. The lowest BCUT2D eigenvalue weighted by Gasteiger charge is -2.49. The second-order valence-corrected chi connectivity index (χ2v) is 15.4. The molecular weight excluding hydrogens is 768 g/mol. The van der Waals surface area contributed by atoms with Gasteiger partial charge in [0.15, 0.2) is 0 Å². The van der Waals surface area contributed by atoms with Crippen LogP contribution in [0.2, 0.25) is 0 Å². The SMILES string of the molecule is CC(C)[N+]1(C)[C@@H]2CC[C@H]1C[C@@H](OC(=O)C(CO)c1ccccc1)C2.CC[N+]1(C)[C@@H]2C[C@@H](OC(=O)[C@H](CO)c3ccccc3)C[C@H]1[C@@H]1O[C@@H]12.[Br-].[Br-]. The van der Waals surface area contributed by atoms with Crippen molar-refractivity contribution in [3.8, 4) is 0 Å². The standard InChI is InChI=1S/C20H30NO3.C19H26NO4.2BrH/c1-14(2)21(3)16-9-10-17(21)12-18(11-16)24-20(23)19(13-22)15-7-5-4-6-8-15;1-3-20(2)15-9-13(10-16(20)18-17(15)24-18)23-19(22)14(11-21)12-7-5-4-6-8-12;;/h4-8,14,16-19,22H,9-13H2,1-3H3;4-8,13-18,21H,3,9-11H2,1-2H3;2*1H/q2*+1;;/p-2/t16-,17+,18+,19?,21?;13-,14-,15-,16+,17-,18+,20?;;/m.1../s1. The molecule has 12 atom stereocenters. The van der Waals surface area contributed by atoms with E-state index in [-0.39, 0.29) is 71.3 Å². The van der Waals surface area contributed by atoms with E-state index in [1.165, 1.54) is 12.8 Å². The Bertz CT molecular complexity index is 1380. The highest BCUT2D eigenvalue weighted by Crippen LogP contribution is 2.52.